The van der Waals surface area contributed by atoms with Gasteiger partial charge in [-0.25, -0.2) is 4.79 Å². The van der Waals surface area contributed by atoms with Crippen molar-refractivity contribution < 1.29 is 9.59 Å². The molecule has 1 aliphatic heterocycles. The number of fused-ring (bicyclic) bond motifs is 1. The molecule has 3 rings (SSSR count). The van der Waals surface area contributed by atoms with Crippen LogP contribution in [-0.2, 0) is 11.3 Å². The summed E-state index contributed by atoms with van der Waals surface area (Å²) in [4.78, 5) is 28.5. The number of rotatable bonds is 3. The van der Waals surface area contributed by atoms with Crippen molar-refractivity contribution in [3.63, 3.8) is 0 Å². The summed E-state index contributed by atoms with van der Waals surface area (Å²) in [6.07, 6.45) is 3.96. The number of benzene rings is 1. The number of imide groups is 1. The molecule has 0 N–H and O–H groups in total. The highest BCUT2D eigenvalue weighted by molar-refractivity contribution is 6.30. The second-order valence-corrected chi connectivity index (χ2v) is 6.52. The van der Waals surface area contributed by atoms with Crippen LogP contribution < -0.4 is 0 Å². The van der Waals surface area contributed by atoms with E-state index >= 15 is 0 Å². The van der Waals surface area contributed by atoms with E-state index in [1.165, 1.54) is 4.90 Å². The fourth-order valence-electron chi connectivity index (χ4n) is 3.67. The Labute approximate surface area is 136 Å². The van der Waals surface area contributed by atoms with Gasteiger partial charge in [0.15, 0.2) is 0 Å². The Bertz CT molecular complexity index is 590. The standard InChI is InChI=1S/C17H21ClN2O2/c1-2-19-16(21)14-8-3-4-9-15(14)20(17(19)22)11-12-6-5-7-13(18)10-12/h5-7,10,14-15H,2-4,8-9,11H2,1H3. The third kappa shape index (κ3) is 2.72. The fraction of sp³-hybridized carbons (Fsp3) is 0.529. The molecule has 0 spiro atoms. The van der Waals surface area contributed by atoms with Gasteiger partial charge in [0.2, 0.25) is 5.91 Å². The number of amides is 3. The summed E-state index contributed by atoms with van der Waals surface area (Å²) in [5.41, 5.74) is 1.01. The maximum Gasteiger partial charge on any atom is 0.327 e. The number of halogens is 1. The Kier molecular flexibility index (Phi) is 4.39. The van der Waals surface area contributed by atoms with Gasteiger partial charge in [-0.2, -0.15) is 0 Å². The molecule has 0 aromatic heterocycles. The van der Waals surface area contributed by atoms with Crippen LogP contribution in [0.5, 0.6) is 0 Å². The van der Waals surface area contributed by atoms with Crippen molar-refractivity contribution in [2.45, 2.75) is 45.2 Å². The fourth-order valence-corrected chi connectivity index (χ4v) is 3.88. The number of hydrogen-bond acceptors (Lipinski definition) is 2. The number of carbonyl (C=O) groups excluding carboxylic acids is 2. The van der Waals surface area contributed by atoms with Crippen LogP contribution in [-0.4, -0.2) is 34.3 Å². The smallest absolute Gasteiger partial charge is 0.316 e. The molecule has 1 aromatic rings. The first-order valence-electron chi connectivity index (χ1n) is 7.98. The van der Waals surface area contributed by atoms with E-state index in [2.05, 4.69) is 0 Å². The summed E-state index contributed by atoms with van der Waals surface area (Å²) < 4.78 is 0. The molecular weight excluding hydrogens is 300 g/mol. The van der Waals surface area contributed by atoms with E-state index in [4.69, 9.17) is 11.6 Å². The van der Waals surface area contributed by atoms with E-state index in [1.54, 1.807) is 0 Å². The lowest BCUT2D eigenvalue weighted by Crippen LogP contribution is -2.61. The number of carbonyl (C=O) groups is 2. The molecule has 0 radical (unpaired) electrons. The van der Waals surface area contributed by atoms with Crippen molar-refractivity contribution in [2.24, 2.45) is 5.92 Å². The van der Waals surface area contributed by atoms with Crippen LogP contribution in [0.1, 0.15) is 38.2 Å². The topological polar surface area (TPSA) is 40.6 Å². The Morgan fingerprint density at radius 3 is 2.73 bits per heavy atom. The summed E-state index contributed by atoms with van der Waals surface area (Å²) in [5.74, 6) is -0.0230. The highest BCUT2D eigenvalue weighted by Gasteiger charge is 2.46. The van der Waals surface area contributed by atoms with E-state index in [1.807, 2.05) is 36.1 Å². The summed E-state index contributed by atoms with van der Waals surface area (Å²) in [6.45, 7) is 2.81. The molecule has 2 fully saturated rings. The predicted octanol–water partition coefficient (Wildman–Crippen LogP) is 3.68. The van der Waals surface area contributed by atoms with Gasteiger partial charge >= 0.3 is 6.03 Å². The molecular formula is C17H21ClN2O2. The second kappa shape index (κ2) is 6.29. The first-order valence-corrected chi connectivity index (χ1v) is 8.36. The maximum atomic E-state index is 12.7. The third-order valence-corrected chi connectivity index (χ3v) is 4.98. The van der Waals surface area contributed by atoms with E-state index in [9.17, 15) is 9.59 Å². The molecule has 1 aliphatic carbocycles. The van der Waals surface area contributed by atoms with Crippen LogP contribution >= 0.6 is 11.6 Å². The highest BCUT2D eigenvalue weighted by atomic mass is 35.5. The lowest BCUT2D eigenvalue weighted by molar-refractivity contribution is -0.140. The molecule has 1 heterocycles. The molecule has 2 aliphatic rings. The molecule has 2 unspecified atom stereocenters. The minimum atomic E-state index is -0.157. The minimum Gasteiger partial charge on any atom is -0.316 e. The van der Waals surface area contributed by atoms with Crippen molar-refractivity contribution in [3.05, 3.63) is 34.9 Å². The number of urea groups is 1. The summed E-state index contributed by atoms with van der Waals surface area (Å²) >= 11 is 6.05. The molecule has 0 bridgehead atoms. The van der Waals surface area contributed by atoms with Crippen LogP contribution in [0.3, 0.4) is 0 Å². The lowest BCUT2D eigenvalue weighted by atomic mass is 9.81. The van der Waals surface area contributed by atoms with E-state index in [0.717, 1.165) is 31.2 Å². The van der Waals surface area contributed by atoms with Gasteiger partial charge in [0, 0.05) is 24.2 Å². The van der Waals surface area contributed by atoms with Gasteiger partial charge in [-0.1, -0.05) is 36.6 Å². The van der Waals surface area contributed by atoms with Gasteiger partial charge < -0.3 is 4.90 Å². The first-order chi connectivity index (χ1) is 10.6. The SMILES string of the molecule is CCN1C(=O)C2CCCCC2N(Cc2cccc(Cl)c2)C1=O. The monoisotopic (exact) mass is 320 g/mol. The normalized spacial score (nSPS) is 25.4. The molecule has 3 amide bonds. The summed E-state index contributed by atoms with van der Waals surface area (Å²) in [5, 5.41) is 0.672. The number of nitrogens with zero attached hydrogens (tertiary/aromatic N) is 2. The zero-order valence-corrected chi connectivity index (χ0v) is 13.6. The van der Waals surface area contributed by atoms with Crippen molar-refractivity contribution >= 4 is 23.5 Å². The van der Waals surface area contributed by atoms with E-state index in [0.29, 0.717) is 18.1 Å². The quantitative estimate of drug-likeness (QED) is 0.852. The van der Waals surface area contributed by atoms with Gasteiger partial charge in [0.25, 0.3) is 0 Å². The van der Waals surface area contributed by atoms with Gasteiger partial charge in [-0.15, -0.1) is 0 Å². The Morgan fingerprint density at radius 2 is 2.00 bits per heavy atom. The van der Waals surface area contributed by atoms with Gasteiger partial charge in [0.05, 0.1) is 5.92 Å². The average Bonchev–Trinajstić information content (AvgIpc) is 2.52. The molecule has 118 valence electrons. The third-order valence-electron chi connectivity index (χ3n) is 4.75. The number of hydrogen-bond donors (Lipinski definition) is 0. The van der Waals surface area contributed by atoms with Crippen molar-refractivity contribution in [3.8, 4) is 0 Å². The molecule has 1 saturated heterocycles. The Hall–Kier alpha value is -1.55. The van der Waals surface area contributed by atoms with Gasteiger partial charge in [-0.3, -0.25) is 9.69 Å². The van der Waals surface area contributed by atoms with E-state index in [-0.39, 0.29) is 23.9 Å². The Morgan fingerprint density at radius 1 is 1.23 bits per heavy atom. The van der Waals surface area contributed by atoms with Crippen molar-refractivity contribution in [2.75, 3.05) is 6.54 Å². The first kappa shape index (κ1) is 15.3. The molecule has 2 atom stereocenters. The second-order valence-electron chi connectivity index (χ2n) is 6.08. The van der Waals surface area contributed by atoms with Crippen LogP contribution in [0.25, 0.3) is 0 Å². The minimum absolute atomic E-state index is 0.0135. The zero-order chi connectivity index (χ0) is 15.7. The lowest BCUT2D eigenvalue weighted by Gasteiger charge is -2.46. The summed E-state index contributed by atoms with van der Waals surface area (Å²) in [6, 6.07) is 7.47. The van der Waals surface area contributed by atoms with Crippen LogP contribution in [0.15, 0.2) is 24.3 Å². The zero-order valence-electron chi connectivity index (χ0n) is 12.8. The van der Waals surface area contributed by atoms with Crippen LogP contribution in [0.4, 0.5) is 4.79 Å². The molecule has 22 heavy (non-hydrogen) atoms. The van der Waals surface area contributed by atoms with Crippen LogP contribution in [0.2, 0.25) is 5.02 Å². The molecule has 5 heteroatoms. The van der Waals surface area contributed by atoms with Gasteiger partial charge in [-0.05, 0) is 37.5 Å². The molecule has 1 saturated carbocycles. The Balaban J connectivity index is 1.89. The highest BCUT2D eigenvalue weighted by Crippen LogP contribution is 2.35. The molecule has 1 aromatic carbocycles. The maximum absolute atomic E-state index is 12.7. The van der Waals surface area contributed by atoms with Gasteiger partial charge in [0.1, 0.15) is 0 Å². The van der Waals surface area contributed by atoms with E-state index < -0.39 is 0 Å². The van der Waals surface area contributed by atoms with Crippen molar-refractivity contribution in [1.29, 1.82) is 0 Å². The van der Waals surface area contributed by atoms with Crippen LogP contribution in [0, 0.1) is 5.92 Å². The summed E-state index contributed by atoms with van der Waals surface area (Å²) in [7, 11) is 0. The average molecular weight is 321 g/mol. The largest absolute Gasteiger partial charge is 0.327 e. The van der Waals surface area contributed by atoms with Crippen molar-refractivity contribution in [1.82, 2.24) is 9.80 Å². The predicted molar refractivity (Wildman–Crippen MR) is 85.5 cm³/mol. The molecule has 4 nitrogen and oxygen atoms in total.